The van der Waals surface area contributed by atoms with Crippen LogP contribution in [0.2, 0.25) is 0 Å². The van der Waals surface area contributed by atoms with E-state index in [1.807, 2.05) is 30.3 Å². The van der Waals surface area contributed by atoms with E-state index in [2.05, 4.69) is 36.1 Å². The number of benzene rings is 2. The van der Waals surface area contributed by atoms with Gasteiger partial charge in [-0.15, -0.1) is 11.3 Å². The van der Waals surface area contributed by atoms with Crippen LogP contribution in [0.25, 0.3) is 10.2 Å². The first-order valence-electron chi connectivity index (χ1n) is 11.9. The number of hydrogen-bond donors (Lipinski definition) is 1. The lowest BCUT2D eigenvalue weighted by molar-refractivity contribution is -0.121. The van der Waals surface area contributed by atoms with E-state index < -0.39 is 9.84 Å². The fourth-order valence-electron chi connectivity index (χ4n) is 4.80. The Morgan fingerprint density at radius 2 is 1.82 bits per heavy atom. The number of fused-ring (bicyclic) bond motifs is 1. The number of hydrogen-bond acceptors (Lipinski definition) is 6. The van der Waals surface area contributed by atoms with E-state index in [-0.39, 0.29) is 30.0 Å². The van der Waals surface area contributed by atoms with Gasteiger partial charge in [0, 0.05) is 18.1 Å². The molecule has 1 saturated carbocycles. The Bertz CT molecular complexity index is 1190. The van der Waals surface area contributed by atoms with Crippen molar-refractivity contribution in [2.24, 2.45) is 5.92 Å². The molecule has 1 aliphatic carbocycles. The topological polar surface area (TPSA) is 79.4 Å². The van der Waals surface area contributed by atoms with Gasteiger partial charge in [-0.1, -0.05) is 30.3 Å². The molecular formula is C26H33N3O3S2. The van der Waals surface area contributed by atoms with E-state index >= 15 is 0 Å². The SMILES string of the molecule is CC(C)N(C)C1CCC(NC(=O)Cc2nc3ccccc3s2)C(CS(=O)(=O)c2ccccc2)C1. The molecule has 1 fully saturated rings. The summed E-state index contributed by atoms with van der Waals surface area (Å²) in [5.41, 5.74) is 0.902. The van der Waals surface area contributed by atoms with Crippen LogP contribution in [0, 0.1) is 5.92 Å². The van der Waals surface area contributed by atoms with Gasteiger partial charge >= 0.3 is 0 Å². The van der Waals surface area contributed by atoms with Crippen molar-refractivity contribution in [3.05, 3.63) is 59.6 Å². The first-order chi connectivity index (χ1) is 16.2. The first kappa shape index (κ1) is 24.8. The Kier molecular flexibility index (Phi) is 7.70. The standard InChI is InChI=1S/C26H33N3O3S2/c1-18(2)29(3)20-13-14-22(19(15-20)17-34(31,32)21-9-5-4-6-10-21)27-25(30)16-26-28-23-11-7-8-12-24(23)33-26/h4-12,18-20,22H,13-17H2,1-3H3,(H,27,30). The van der Waals surface area contributed by atoms with Crippen LogP contribution in [0.1, 0.15) is 38.1 Å². The number of thiazole rings is 1. The van der Waals surface area contributed by atoms with Gasteiger partial charge in [0.25, 0.3) is 0 Å². The highest BCUT2D eigenvalue weighted by atomic mass is 32.2. The van der Waals surface area contributed by atoms with Crippen LogP contribution < -0.4 is 5.32 Å². The molecule has 8 heteroatoms. The third kappa shape index (κ3) is 5.85. The van der Waals surface area contributed by atoms with Gasteiger partial charge in [0.1, 0.15) is 5.01 Å². The molecule has 6 nitrogen and oxygen atoms in total. The van der Waals surface area contributed by atoms with Gasteiger partial charge in [0.15, 0.2) is 9.84 Å². The minimum absolute atomic E-state index is 0.0333. The number of nitrogens with zero attached hydrogens (tertiary/aromatic N) is 2. The maximum atomic E-state index is 13.2. The first-order valence-corrected chi connectivity index (χ1v) is 14.3. The normalized spacial score (nSPS) is 21.3. The summed E-state index contributed by atoms with van der Waals surface area (Å²) in [4.78, 5) is 20.2. The highest BCUT2D eigenvalue weighted by molar-refractivity contribution is 7.91. The summed E-state index contributed by atoms with van der Waals surface area (Å²) in [6, 6.07) is 17.0. The Morgan fingerprint density at radius 3 is 2.53 bits per heavy atom. The van der Waals surface area contributed by atoms with Crippen molar-refractivity contribution in [3.8, 4) is 0 Å². The second kappa shape index (κ2) is 10.5. The molecule has 1 aliphatic rings. The van der Waals surface area contributed by atoms with E-state index in [0.29, 0.717) is 17.0 Å². The van der Waals surface area contributed by atoms with Crippen LogP contribution in [0.3, 0.4) is 0 Å². The van der Waals surface area contributed by atoms with Crippen molar-refractivity contribution in [2.75, 3.05) is 12.8 Å². The lowest BCUT2D eigenvalue weighted by Crippen LogP contribution is -2.51. The fraction of sp³-hybridized carbons (Fsp3) is 0.462. The Balaban J connectivity index is 1.49. The van der Waals surface area contributed by atoms with Gasteiger partial charge in [0.2, 0.25) is 5.91 Å². The summed E-state index contributed by atoms with van der Waals surface area (Å²) >= 11 is 1.53. The van der Waals surface area contributed by atoms with Crippen molar-refractivity contribution >= 4 is 37.3 Å². The van der Waals surface area contributed by atoms with Crippen molar-refractivity contribution in [1.82, 2.24) is 15.2 Å². The molecule has 4 rings (SSSR count). The van der Waals surface area contributed by atoms with Crippen LogP contribution in [-0.2, 0) is 21.1 Å². The molecule has 0 saturated heterocycles. The predicted octanol–water partition coefficient (Wildman–Crippen LogP) is 4.31. The number of nitrogens with one attached hydrogen (secondary N) is 1. The Morgan fingerprint density at radius 1 is 1.12 bits per heavy atom. The molecular weight excluding hydrogens is 466 g/mol. The maximum Gasteiger partial charge on any atom is 0.227 e. The van der Waals surface area contributed by atoms with Crippen molar-refractivity contribution in [2.45, 2.75) is 62.6 Å². The fourth-order valence-corrected chi connectivity index (χ4v) is 7.46. The van der Waals surface area contributed by atoms with E-state index in [1.165, 1.54) is 11.3 Å². The monoisotopic (exact) mass is 499 g/mol. The number of sulfone groups is 1. The zero-order chi connectivity index (χ0) is 24.3. The summed E-state index contributed by atoms with van der Waals surface area (Å²) in [5.74, 6) is -0.211. The number of carbonyl (C=O) groups excluding carboxylic acids is 1. The quantitative estimate of drug-likeness (QED) is 0.500. The number of amides is 1. The molecule has 0 spiro atoms. The van der Waals surface area contributed by atoms with Gasteiger partial charge in [-0.3, -0.25) is 4.79 Å². The van der Waals surface area contributed by atoms with Crippen molar-refractivity contribution in [1.29, 1.82) is 0 Å². The maximum absolute atomic E-state index is 13.2. The number of aromatic nitrogens is 1. The lowest BCUT2D eigenvalue weighted by atomic mass is 9.81. The highest BCUT2D eigenvalue weighted by Gasteiger charge is 2.36. The zero-order valence-electron chi connectivity index (χ0n) is 20.0. The van der Waals surface area contributed by atoms with E-state index in [9.17, 15) is 13.2 Å². The van der Waals surface area contributed by atoms with Gasteiger partial charge in [-0.05, 0) is 70.3 Å². The summed E-state index contributed by atoms with van der Waals surface area (Å²) in [5, 5.41) is 3.95. The van der Waals surface area contributed by atoms with Crippen molar-refractivity contribution < 1.29 is 13.2 Å². The number of carbonyl (C=O) groups is 1. The highest BCUT2D eigenvalue weighted by Crippen LogP contribution is 2.31. The Hall–Kier alpha value is -2.29. The molecule has 182 valence electrons. The summed E-state index contributed by atoms with van der Waals surface area (Å²) in [6.45, 7) is 4.31. The molecule has 1 aromatic heterocycles. The van der Waals surface area contributed by atoms with Gasteiger partial charge in [0.05, 0.1) is 27.3 Å². The summed E-state index contributed by atoms with van der Waals surface area (Å²) in [6.07, 6.45) is 2.65. The lowest BCUT2D eigenvalue weighted by Gasteiger charge is -2.41. The summed E-state index contributed by atoms with van der Waals surface area (Å²) < 4.78 is 27.5. The van der Waals surface area contributed by atoms with Crippen LogP contribution in [-0.4, -0.2) is 55.1 Å². The molecule has 0 bridgehead atoms. The number of para-hydroxylation sites is 1. The smallest absolute Gasteiger partial charge is 0.227 e. The number of rotatable bonds is 8. The third-order valence-corrected chi connectivity index (χ3v) is 9.77. The molecule has 34 heavy (non-hydrogen) atoms. The molecule has 1 heterocycles. The minimum atomic E-state index is -3.45. The second-order valence-electron chi connectivity index (χ2n) is 9.51. The molecule has 1 N–H and O–H groups in total. The van der Waals surface area contributed by atoms with E-state index in [1.54, 1.807) is 24.3 Å². The van der Waals surface area contributed by atoms with Crippen molar-refractivity contribution in [3.63, 3.8) is 0 Å². The molecule has 0 radical (unpaired) electrons. The van der Waals surface area contributed by atoms with Crippen LogP contribution >= 0.6 is 11.3 Å². The minimum Gasteiger partial charge on any atom is -0.353 e. The molecule has 1 amide bonds. The van der Waals surface area contributed by atoms with Gasteiger partial charge < -0.3 is 10.2 Å². The average molecular weight is 500 g/mol. The predicted molar refractivity (Wildman–Crippen MR) is 138 cm³/mol. The summed E-state index contributed by atoms with van der Waals surface area (Å²) in [7, 11) is -1.35. The van der Waals surface area contributed by atoms with Gasteiger partial charge in [-0.25, -0.2) is 13.4 Å². The average Bonchev–Trinajstić information content (AvgIpc) is 3.22. The Labute approximate surface area is 206 Å². The third-order valence-electron chi connectivity index (χ3n) is 6.88. The molecule has 3 aromatic rings. The van der Waals surface area contributed by atoms with Gasteiger partial charge in [-0.2, -0.15) is 0 Å². The van der Waals surface area contributed by atoms with Crippen LogP contribution in [0.5, 0.6) is 0 Å². The zero-order valence-corrected chi connectivity index (χ0v) is 21.6. The molecule has 3 atom stereocenters. The molecule has 3 unspecified atom stereocenters. The molecule has 0 aliphatic heterocycles. The van der Waals surface area contributed by atoms with Crippen LogP contribution in [0.4, 0.5) is 0 Å². The largest absolute Gasteiger partial charge is 0.353 e. The molecule has 2 aromatic carbocycles. The van der Waals surface area contributed by atoms with E-state index in [4.69, 9.17) is 0 Å². The van der Waals surface area contributed by atoms with E-state index in [0.717, 1.165) is 34.5 Å². The van der Waals surface area contributed by atoms with Crippen LogP contribution in [0.15, 0.2) is 59.5 Å². The second-order valence-corrected chi connectivity index (χ2v) is 12.7.